The molecule has 183 valence electrons. The Hall–Kier alpha value is 1.85. The largest absolute Gasteiger partial charge is 0.299 e. The van der Waals surface area contributed by atoms with Crippen LogP contribution in [0.15, 0.2) is 48.5 Å². The number of halogens is 8. The number of carbonyl (C=O) groups excluding carboxylic acids is 2. The van der Waals surface area contributed by atoms with E-state index in [0.29, 0.717) is 24.4 Å². The molecule has 2 aliphatic carbocycles. The minimum atomic E-state index is -0.476. The van der Waals surface area contributed by atoms with Crippen molar-refractivity contribution in [3.63, 3.8) is 0 Å². The van der Waals surface area contributed by atoms with Crippen molar-refractivity contribution in [2.24, 2.45) is 11.8 Å². The van der Waals surface area contributed by atoms with Crippen LogP contribution in [0, 0.1) is 23.5 Å². The molecule has 2 aliphatic rings. The molecule has 2 saturated carbocycles. The molecular formula is C22H21Br3F2I3O2V-. The number of alkyl halides is 1. The van der Waals surface area contributed by atoms with Gasteiger partial charge in [0.1, 0.15) is 22.2 Å². The number of Topliss-reactive ketones (excluding diaryl/α,β-unsaturated/α-hetero) is 2. The van der Waals surface area contributed by atoms with Gasteiger partial charge in [-0.15, -0.1) is 0 Å². The SMILES string of the molecule is BrBr.I[I-]I.O=C(C1CC1)C(Br)c1ccccc1F.O=C(Cc1ccccc1F)C1CC1.[V]. The zero-order valence-corrected chi connectivity index (χ0v) is 29.8. The fraction of sp³-hybridized carbons (Fsp3) is 0.364. The van der Waals surface area contributed by atoms with Crippen LogP contribution in [0.5, 0.6) is 0 Å². The fourth-order valence-corrected chi connectivity index (χ4v) is 3.53. The summed E-state index contributed by atoms with van der Waals surface area (Å²) in [5.41, 5.74) is 0.976. The van der Waals surface area contributed by atoms with E-state index in [-0.39, 0.29) is 60.0 Å². The second-order valence-corrected chi connectivity index (χ2v) is 24.3. The average Bonchev–Trinajstić information content (AvgIpc) is 3.70. The quantitative estimate of drug-likeness (QED) is 0.261. The maximum atomic E-state index is 13.3. The summed E-state index contributed by atoms with van der Waals surface area (Å²) in [6.07, 6.45) is 4.16. The van der Waals surface area contributed by atoms with Gasteiger partial charge in [0.25, 0.3) is 0 Å². The van der Waals surface area contributed by atoms with Crippen LogP contribution in [0.1, 0.15) is 41.6 Å². The van der Waals surface area contributed by atoms with Gasteiger partial charge in [0, 0.05) is 70.6 Å². The van der Waals surface area contributed by atoms with Crippen molar-refractivity contribution in [3.8, 4) is 0 Å². The summed E-state index contributed by atoms with van der Waals surface area (Å²) in [5.74, 6) is 0.0821. The van der Waals surface area contributed by atoms with E-state index in [4.69, 9.17) is 0 Å². The van der Waals surface area contributed by atoms with Crippen molar-refractivity contribution in [2.45, 2.75) is 36.9 Å². The van der Waals surface area contributed by atoms with E-state index >= 15 is 0 Å². The average molecular weight is 1030 g/mol. The van der Waals surface area contributed by atoms with Crippen molar-refractivity contribution in [1.29, 1.82) is 0 Å². The second kappa shape index (κ2) is 19.9. The molecule has 2 aromatic rings. The summed E-state index contributed by atoms with van der Waals surface area (Å²) < 4.78 is 26.4. The van der Waals surface area contributed by atoms with Gasteiger partial charge < -0.3 is 0 Å². The monoisotopic (exact) mass is 1020 g/mol. The molecule has 1 atom stereocenters. The van der Waals surface area contributed by atoms with Crippen LogP contribution in [0.25, 0.3) is 0 Å². The second-order valence-electron chi connectivity index (χ2n) is 7.12. The molecule has 33 heavy (non-hydrogen) atoms. The Morgan fingerprint density at radius 3 is 1.82 bits per heavy atom. The Bertz CT molecular complexity index is 872. The topological polar surface area (TPSA) is 34.1 Å². The molecule has 0 amide bonds. The molecule has 0 aromatic heterocycles. The third-order valence-corrected chi connectivity index (χ3v) is 5.71. The molecule has 1 radical (unpaired) electrons. The van der Waals surface area contributed by atoms with Crippen molar-refractivity contribution >= 4 is 93.0 Å². The van der Waals surface area contributed by atoms with Gasteiger partial charge in [-0.3, -0.25) is 9.59 Å². The number of ketones is 2. The molecule has 4 rings (SSSR count). The number of benzene rings is 2. The summed E-state index contributed by atoms with van der Waals surface area (Å²) in [7, 11) is 0. The summed E-state index contributed by atoms with van der Waals surface area (Å²) in [6, 6.07) is 12.9. The smallest absolute Gasteiger partial charge is 0.154 e. The molecule has 11 heteroatoms. The van der Waals surface area contributed by atoms with E-state index in [2.05, 4.69) is 81.4 Å². The van der Waals surface area contributed by atoms with Crippen molar-refractivity contribution < 1.29 is 50.2 Å². The summed E-state index contributed by atoms with van der Waals surface area (Å²) in [5, 5.41) is 0. The first-order chi connectivity index (χ1) is 15.4. The Morgan fingerprint density at radius 2 is 1.36 bits per heavy atom. The predicted octanol–water partition coefficient (Wildman–Crippen LogP) is 6.05. The maximum Gasteiger partial charge on any atom is 0.154 e. The van der Waals surface area contributed by atoms with Crippen LogP contribution in [0.3, 0.4) is 0 Å². The van der Waals surface area contributed by atoms with E-state index in [1.807, 2.05) is 0 Å². The van der Waals surface area contributed by atoms with Gasteiger partial charge in [-0.1, -0.05) is 52.3 Å². The first-order valence-electron chi connectivity index (χ1n) is 9.58. The molecule has 2 fully saturated rings. The third-order valence-electron chi connectivity index (χ3n) is 4.76. The van der Waals surface area contributed by atoms with Gasteiger partial charge >= 0.3 is 50.5 Å². The minimum absolute atomic E-state index is 0. The normalized spacial score (nSPS) is 14.6. The Labute approximate surface area is 259 Å². The number of rotatable bonds is 6. The Balaban J connectivity index is 0.000000508. The Morgan fingerprint density at radius 1 is 0.909 bits per heavy atom. The third kappa shape index (κ3) is 13.8. The number of hydrogen-bond acceptors (Lipinski definition) is 2. The van der Waals surface area contributed by atoms with Crippen LogP contribution < -0.4 is 13.3 Å². The van der Waals surface area contributed by atoms with Crippen molar-refractivity contribution in [1.82, 2.24) is 0 Å². The molecule has 1 unspecified atom stereocenters. The van der Waals surface area contributed by atoms with E-state index in [0.717, 1.165) is 25.7 Å². The van der Waals surface area contributed by atoms with Gasteiger partial charge in [-0.2, -0.15) is 0 Å². The first-order valence-corrected chi connectivity index (χ1v) is 26.8. The van der Waals surface area contributed by atoms with Gasteiger partial charge in [0.2, 0.25) is 0 Å². The minimum Gasteiger partial charge on any atom is -0.299 e. The first kappa shape index (κ1) is 34.9. The molecule has 0 saturated heterocycles. The molecule has 0 N–H and O–H groups in total. The molecule has 0 heterocycles. The maximum absolute atomic E-state index is 13.3. The zero-order valence-electron chi connectivity index (χ0n) is 17.2. The number of hydrogen-bond donors (Lipinski definition) is 0. The van der Waals surface area contributed by atoms with E-state index < -0.39 is 4.83 Å². The van der Waals surface area contributed by atoms with Crippen LogP contribution in [0.4, 0.5) is 8.78 Å². The fourth-order valence-electron chi connectivity index (χ4n) is 2.79. The van der Waals surface area contributed by atoms with Gasteiger partial charge in [-0.05, 0) is 43.4 Å². The number of carbonyl (C=O) groups is 2. The molecule has 2 aromatic carbocycles. The van der Waals surface area contributed by atoms with Gasteiger partial charge in [0.05, 0.1) is 0 Å². The van der Waals surface area contributed by atoms with Crippen LogP contribution >= 0.6 is 81.4 Å². The van der Waals surface area contributed by atoms with Gasteiger partial charge in [0.15, 0.2) is 5.78 Å². The van der Waals surface area contributed by atoms with Gasteiger partial charge in [-0.25, -0.2) is 8.78 Å². The van der Waals surface area contributed by atoms with Crippen molar-refractivity contribution in [3.05, 3.63) is 71.3 Å². The summed E-state index contributed by atoms with van der Waals surface area (Å²) >= 11 is 14.1. The summed E-state index contributed by atoms with van der Waals surface area (Å²) in [4.78, 5) is 22.5. The molecule has 0 aliphatic heterocycles. The molecular weight excluding hydrogens is 1010 g/mol. The predicted molar refractivity (Wildman–Crippen MR) is 150 cm³/mol. The van der Waals surface area contributed by atoms with E-state index in [1.165, 1.54) is 12.1 Å². The van der Waals surface area contributed by atoms with E-state index in [1.54, 1.807) is 36.4 Å². The van der Waals surface area contributed by atoms with Crippen LogP contribution in [-0.2, 0) is 34.6 Å². The van der Waals surface area contributed by atoms with E-state index in [9.17, 15) is 18.4 Å². The van der Waals surface area contributed by atoms with Crippen LogP contribution in [0.2, 0.25) is 0 Å². The van der Waals surface area contributed by atoms with Crippen molar-refractivity contribution in [2.75, 3.05) is 0 Å². The Kier molecular flexibility index (Phi) is 21.0. The molecule has 0 bridgehead atoms. The molecule has 2 nitrogen and oxygen atoms in total. The summed E-state index contributed by atoms with van der Waals surface area (Å²) in [6.45, 7) is 0. The van der Waals surface area contributed by atoms with Crippen LogP contribution in [-0.4, -0.2) is 11.6 Å². The zero-order chi connectivity index (χ0) is 24.1. The standard InChI is InChI=1S/C11H10BrFO.C11H11FO.Br2.I3.V/c12-10(11(14)7-5-6-7)8-3-1-2-4-9(8)13;12-10-4-2-1-3-9(10)7-11(13)8-5-6-8;1-2;1-3-2;/h1-4,7,10H,5-6H2;1-4,8H,5-7H2;;;/q;;;-1;. The molecule has 0 spiro atoms.